The van der Waals surface area contributed by atoms with Crippen LogP contribution >= 0.6 is 0 Å². The summed E-state index contributed by atoms with van der Waals surface area (Å²) in [5, 5.41) is 0. The van der Waals surface area contributed by atoms with Gasteiger partial charge < -0.3 is 19.1 Å². The van der Waals surface area contributed by atoms with E-state index < -0.39 is 0 Å². The van der Waals surface area contributed by atoms with Crippen molar-refractivity contribution in [3.63, 3.8) is 0 Å². The van der Waals surface area contributed by atoms with Crippen LogP contribution in [0.1, 0.15) is 51.0 Å². The second-order valence-corrected chi connectivity index (χ2v) is 7.24. The molecule has 2 heterocycles. The summed E-state index contributed by atoms with van der Waals surface area (Å²) in [5.41, 5.74) is 1.03. The fraction of sp³-hybridized carbons (Fsp3) is 0.667. The van der Waals surface area contributed by atoms with E-state index in [0.29, 0.717) is 25.7 Å². The van der Waals surface area contributed by atoms with Crippen molar-refractivity contribution in [1.29, 1.82) is 0 Å². The minimum absolute atomic E-state index is 0.0609. The Labute approximate surface area is 156 Å². The van der Waals surface area contributed by atoms with E-state index in [1.807, 2.05) is 35.2 Å². The molecule has 3 rings (SSSR count). The zero-order valence-corrected chi connectivity index (χ0v) is 15.8. The van der Waals surface area contributed by atoms with Gasteiger partial charge in [-0.15, -0.1) is 0 Å². The summed E-state index contributed by atoms with van der Waals surface area (Å²) in [6, 6.07) is 10.1. The van der Waals surface area contributed by atoms with E-state index in [1.165, 1.54) is 0 Å². The van der Waals surface area contributed by atoms with Gasteiger partial charge in [0.15, 0.2) is 6.29 Å². The Morgan fingerprint density at radius 2 is 2.00 bits per heavy atom. The molecule has 5 heteroatoms. The molecular formula is C21H31NO4. The molecule has 5 nitrogen and oxygen atoms in total. The van der Waals surface area contributed by atoms with Crippen molar-refractivity contribution in [3.05, 3.63) is 35.9 Å². The van der Waals surface area contributed by atoms with Crippen LogP contribution in [0.5, 0.6) is 0 Å². The number of benzene rings is 1. The minimum atomic E-state index is -0.175. The molecule has 0 spiro atoms. The predicted molar refractivity (Wildman–Crippen MR) is 99.7 cm³/mol. The first-order valence-corrected chi connectivity index (χ1v) is 9.98. The summed E-state index contributed by atoms with van der Waals surface area (Å²) < 4.78 is 16.7. The van der Waals surface area contributed by atoms with Gasteiger partial charge in [-0.1, -0.05) is 43.7 Å². The van der Waals surface area contributed by atoms with E-state index >= 15 is 0 Å². The number of likely N-dealkylation sites (tertiary alicyclic amines) is 1. The van der Waals surface area contributed by atoms with Gasteiger partial charge in [0.25, 0.3) is 0 Å². The Morgan fingerprint density at radius 3 is 2.73 bits per heavy atom. The highest BCUT2D eigenvalue weighted by atomic mass is 16.7. The van der Waals surface area contributed by atoms with Crippen molar-refractivity contribution in [2.75, 3.05) is 19.8 Å². The average molecular weight is 361 g/mol. The van der Waals surface area contributed by atoms with Crippen LogP contribution in [-0.2, 0) is 20.8 Å². The van der Waals surface area contributed by atoms with Crippen LogP contribution in [0.15, 0.2) is 30.3 Å². The smallest absolute Gasteiger partial charge is 0.410 e. The lowest BCUT2D eigenvalue weighted by Crippen LogP contribution is -2.40. The number of carbonyl (C=O) groups is 1. The molecule has 2 fully saturated rings. The van der Waals surface area contributed by atoms with Crippen molar-refractivity contribution in [2.45, 2.75) is 64.4 Å². The lowest BCUT2D eigenvalue weighted by Gasteiger charge is -2.31. The Hall–Kier alpha value is -1.59. The van der Waals surface area contributed by atoms with Gasteiger partial charge in [0.1, 0.15) is 6.61 Å². The molecule has 0 radical (unpaired) electrons. The van der Waals surface area contributed by atoms with E-state index in [0.717, 1.165) is 50.6 Å². The molecule has 1 aromatic carbocycles. The van der Waals surface area contributed by atoms with Crippen LogP contribution in [0, 0.1) is 5.92 Å². The molecule has 0 unspecified atom stereocenters. The number of rotatable bonds is 8. The third-order valence-electron chi connectivity index (χ3n) is 5.41. The molecule has 2 aliphatic heterocycles. The van der Waals surface area contributed by atoms with Gasteiger partial charge in [0.2, 0.25) is 0 Å². The zero-order valence-electron chi connectivity index (χ0n) is 15.8. The summed E-state index contributed by atoms with van der Waals surface area (Å²) in [6.45, 7) is 4.75. The van der Waals surface area contributed by atoms with Crippen molar-refractivity contribution < 1.29 is 19.0 Å². The van der Waals surface area contributed by atoms with Crippen molar-refractivity contribution >= 4 is 6.09 Å². The molecular weight excluding hydrogens is 330 g/mol. The topological polar surface area (TPSA) is 48.0 Å². The number of ether oxygens (including phenoxy) is 3. The molecule has 0 saturated carbocycles. The lowest BCUT2D eigenvalue weighted by atomic mass is 9.88. The summed E-state index contributed by atoms with van der Waals surface area (Å²) in [5.74, 6) is 0.486. The third-order valence-corrected chi connectivity index (χ3v) is 5.41. The molecule has 1 aromatic rings. The first-order valence-electron chi connectivity index (χ1n) is 9.98. The molecule has 144 valence electrons. The summed E-state index contributed by atoms with van der Waals surface area (Å²) in [4.78, 5) is 14.6. The molecule has 0 aromatic heterocycles. The molecule has 2 saturated heterocycles. The zero-order chi connectivity index (χ0) is 18.2. The predicted octanol–water partition coefficient (Wildman–Crippen LogP) is 4.36. The monoisotopic (exact) mass is 361 g/mol. The minimum Gasteiger partial charge on any atom is -0.445 e. The van der Waals surface area contributed by atoms with Crippen molar-refractivity contribution in [1.82, 2.24) is 4.90 Å². The fourth-order valence-corrected chi connectivity index (χ4v) is 4.14. The van der Waals surface area contributed by atoms with E-state index in [2.05, 4.69) is 6.92 Å². The molecule has 26 heavy (non-hydrogen) atoms. The second kappa shape index (κ2) is 9.93. The molecule has 1 amide bonds. The number of hydrogen-bond acceptors (Lipinski definition) is 4. The molecule has 0 bridgehead atoms. The number of amides is 1. The van der Waals surface area contributed by atoms with Crippen LogP contribution in [0.25, 0.3) is 0 Å². The first kappa shape index (κ1) is 19.2. The maximum absolute atomic E-state index is 12.7. The molecule has 2 atom stereocenters. The van der Waals surface area contributed by atoms with E-state index in [1.54, 1.807) is 0 Å². The summed E-state index contributed by atoms with van der Waals surface area (Å²) >= 11 is 0. The Morgan fingerprint density at radius 1 is 1.23 bits per heavy atom. The van der Waals surface area contributed by atoms with Gasteiger partial charge in [0, 0.05) is 12.6 Å². The van der Waals surface area contributed by atoms with Gasteiger partial charge in [-0.2, -0.15) is 0 Å². The van der Waals surface area contributed by atoms with Crippen LogP contribution < -0.4 is 0 Å². The van der Waals surface area contributed by atoms with Crippen LogP contribution in [-0.4, -0.2) is 43.1 Å². The number of hydrogen-bond donors (Lipinski definition) is 0. The third kappa shape index (κ3) is 5.21. The van der Waals surface area contributed by atoms with Crippen LogP contribution in [0.3, 0.4) is 0 Å². The lowest BCUT2D eigenvalue weighted by molar-refractivity contribution is -0.0520. The summed E-state index contributed by atoms with van der Waals surface area (Å²) in [7, 11) is 0. The molecule has 0 aliphatic carbocycles. The molecule has 0 N–H and O–H groups in total. The quantitative estimate of drug-likeness (QED) is 0.690. The van der Waals surface area contributed by atoms with Crippen LogP contribution in [0.2, 0.25) is 0 Å². The van der Waals surface area contributed by atoms with Crippen molar-refractivity contribution in [2.24, 2.45) is 5.92 Å². The largest absolute Gasteiger partial charge is 0.445 e. The van der Waals surface area contributed by atoms with Gasteiger partial charge in [-0.05, 0) is 43.6 Å². The Bertz CT molecular complexity index is 544. The second-order valence-electron chi connectivity index (χ2n) is 7.24. The Balaban J connectivity index is 1.54. The van der Waals surface area contributed by atoms with Gasteiger partial charge in [-0.25, -0.2) is 4.79 Å². The average Bonchev–Trinajstić information content (AvgIpc) is 3.36. The normalized spacial score (nSPS) is 21.9. The highest BCUT2D eigenvalue weighted by molar-refractivity contribution is 5.68. The van der Waals surface area contributed by atoms with Gasteiger partial charge in [-0.3, -0.25) is 0 Å². The standard InChI is InChI=1S/C21H31NO4/c1-2-7-18(11-12-20-24-14-15-25-20)19-10-6-13-22(19)21(23)26-16-17-8-4-3-5-9-17/h3-5,8-9,18-20H,2,6-7,10-16H2,1H3/t18-,19-/m0/s1. The maximum atomic E-state index is 12.7. The Kier molecular flexibility index (Phi) is 7.32. The summed E-state index contributed by atoms with van der Waals surface area (Å²) in [6.07, 6.45) is 6.08. The molecule has 2 aliphatic rings. The van der Waals surface area contributed by atoms with Crippen molar-refractivity contribution in [3.8, 4) is 0 Å². The van der Waals surface area contributed by atoms with E-state index in [-0.39, 0.29) is 18.4 Å². The number of carbonyl (C=O) groups excluding carboxylic acids is 1. The number of nitrogens with zero attached hydrogens (tertiary/aromatic N) is 1. The van der Waals surface area contributed by atoms with Crippen LogP contribution in [0.4, 0.5) is 4.79 Å². The van der Waals surface area contributed by atoms with Gasteiger partial charge in [0.05, 0.1) is 13.2 Å². The SMILES string of the molecule is CCC[C@@H](CCC1OCCO1)[C@@H]1CCCN1C(=O)OCc1ccccc1. The highest BCUT2D eigenvalue weighted by Crippen LogP contribution is 2.32. The highest BCUT2D eigenvalue weighted by Gasteiger charge is 2.35. The van der Waals surface area contributed by atoms with E-state index in [4.69, 9.17) is 14.2 Å². The first-order chi connectivity index (χ1) is 12.8. The van der Waals surface area contributed by atoms with Gasteiger partial charge >= 0.3 is 6.09 Å². The maximum Gasteiger partial charge on any atom is 0.410 e. The van der Waals surface area contributed by atoms with E-state index in [9.17, 15) is 4.79 Å². The fourth-order valence-electron chi connectivity index (χ4n) is 4.14.